The van der Waals surface area contributed by atoms with E-state index in [9.17, 15) is 0 Å². The summed E-state index contributed by atoms with van der Waals surface area (Å²) in [4.78, 5) is 0. The first-order valence-corrected chi connectivity index (χ1v) is 10.7. The first-order chi connectivity index (χ1) is 13.7. The summed E-state index contributed by atoms with van der Waals surface area (Å²) in [6.07, 6.45) is 0. The van der Waals surface area contributed by atoms with Crippen LogP contribution in [-0.2, 0) is 17.0 Å². The van der Waals surface area contributed by atoms with Crippen molar-refractivity contribution < 1.29 is 14.2 Å². The maximum Gasteiger partial charge on any atom is 0.231 e. The fourth-order valence-electron chi connectivity index (χ4n) is 2.80. The highest BCUT2D eigenvalue weighted by Gasteiger charge is 2.18. The lowest BCUT2D eigenvalue weighted by Crippen LogP contribution is -2.07. The SMILES string of the molecule is COCCn1c(SCc2cc3c(cc2Br)OCO3)nnc1-c1ccc(Cl)cc1. The molecule has 2 aromatic carbocycles. The zero-order valence-electron chi connectivity index (χ0n) is 15.0. The zero-order valence-corrected chi connectivity index (χ0v) is 18.2. The van der Waals surface area contributed by atoms with Gasteiger partial charge in [0.15, 0.2) is 22.5 Å². The number of fused-ring (bicyclic) bond motifs is 1. The summed E-state index contributed by atoms with van der Waals surface area (Å²) >= 11 is 11.2. The van der Waals surface area contributed by atoms with E-state index in [2.05, 4.69) is 30.7 Å². The van der Waals surface area contributed by atoms with Crippen LogP contribution < -0.4 is 9.47 Å². The van der Waals surface area contributed by atoms with Gasteiger partial charge in [0.2, 0.25) is 6.79 Å². The molecular formula is C19H17BrClN3O3S. The molecule has 0 amide bonds. The highest BCUT2D eigenvalue weighted by atomic mass is 79.9. The van der Waals surface area contributed by atoms with Crippen molar-refractivity contribution in [3.8, 4) is 22.9 Å². The molecule has 0 spiro atoms. The lowest BCUT2D eigenvalue weighted by atomic mass is 10.2. The van der Waals surface area contributed by atoms with Crippen molar-refractivity contribution in [2.24, 2.45) is 0 Å². The maximum atomic E-state index is 6.01. The van der Waals surface area contributed by atoms with Gasteiger partial charge in [-0.2, -0.15) is 0 Å². The van der Waals surface area contributed by atoms with Crippen molar-refractivity contribution in [3.05, 3.63) is 51.5 Å². The van der Waals surface area contributed by atoms with Gasteiger partial charge in [-0.25, -0.2) is 0 Å². The third-order valence-corrected chi connectivity index (χ3v) is 6.24. The van der Waals surface area contributed by atoms with Gasteiger partial charge in [0.25, 0.3) is 0 Å². The number of thioether (sulfide) groups is 1. The van der Waals surface area contributed by atoms with Crippen LogP contribution in [0.4, 0.5) is 0 Å². The highest BCUT2D eigenvalue weighted by molar-refractivity contribution is 9.10. The Morgan fingerprint density at radius 3 is 2.68 bits per heavy atom. The van der Waals surface area contributed by atoms with Gasteiger partial charge in [0.05, 0.1) is 13.2 Å². The molecule has 1 aliphatic rings. The van der Waals surface area contributed by atoms with Gasteiger partial charge in [-0.3, -0.25) is 4.57 Å². The Labute approximate surface area is 180 Å². The minimum Gasteiger partial charge on any atom is -0.454 e. The van der Waals surface area contributed by atoms with Crippen LogP contribution in [0.25, 0.3) is 11.4 Å². The van der Waals surface area contributed by atoms with Crippen molar-refractivity contribution in [3.63, 3.8) is 0 Å². The smallest absolute Gasteiger partial charge is 0.231 e. The molecule has 0 bridgehead atoms. The van der Waals surface area contributed by atoms with Gasteiger partial charge >= 0.3 is 0 Å². The average molecular weight is 483 g/mol. The molecule has 0 unspecified atom stereocenters. The monoisotopic (exact) mass is 481 g/mol. The van der Waals surface area contributed by atoms with E-state index < -0.39 is 0 Å². The molecule has 0 N–H and O–H groups in total. The summed E-state index contributed by atoms with van der Waals surface area (Å²) in [6, 6.07) is 11.5. The van der Waals surface area contributed by atoms with E-state index in [4.69, 9.17) is 25.8 Å². The van der Waals surface area contributed by atoms with Crippen LogP contribution in [-0.4, -0.2) is 35.3 Å². The quantitative estimate of drug-likeness (QED) is 0.440. The fourth-order valence-corrected chi connectivity index (χ4v) is 4.53. The number of rotatable bonds is 7. The van der Waals surface area contributed by atoms with Crippen LogP contribution in [0.15, 0.2) is 46.0 Å². The van der Waals surface area contributed by atoms with E-state index in [1.165, 1.54) is 0 Å². The van der Waals surface area contributed by atoms with Crippen LogP contribution in [0.5, 0.6) is 11.5 Å². The van der Waals surface area contributed by atoms with Gasteiger partial charge in [0, 0.05) is 27.9 Å². The Morgan fingerprint density at radius 2 is 1.93 bits per heavy atom. The summed E-state index contributed by atoms with van der Waals surface area (Å²) in [5.74, 6) is 3.03. The zero-order chi connectivity index (χ0) is 19.5. The standard InChI is InChI=1S/C19H17BrClN3O3S/c1-25-7-6-24-18(12-2-4-14(21)5-3-12)22-23-19(24)28-10-13-8-16-17(9-15(13)20)27-11-26-16/h2-5,8-9H,6-7,10-11H2,1H3. The number of hydrogen-bond donors (Lipinski definition) is 0. The van der Waals surface area contributed by atoms with Gasteiger partial charge in [-0.1, -0.05) is 39.3 Å². The number of ether oxygens (including phenoxy) is 3. The second kappa shape index (κ2) is 8.73. The molecule has 28 heavy (non-hydrogen) atoms. The Morgan fingerprint density at radius 1 is 1.18 bits per heavy atom. The molecule has 146 valence electrons. The van der Waals surface area contributed by atoms with Crippen LogP contribution in [0.1, 0.15) is 5.56 Å². The average Bonchev–Trinajstić information content (AvgIpc) is 3.31. The molecule has 3 aromatic rings. The maximum absolute atomic E-state index is 6.01. The molecule has 4 rings (SSSR count). The van der Waals surface area contributed by atoms with Gasteiger partial charge in [0.1, 0.15) is 0 Å². The van der Waals surface area contributed by atoms with Crippen molar-refractivity contribution in [1.82, 2.24) is 14.8 Å². The number of methoxy groups -OCH3 is 1. The van der Waals surface area contributed by atoms with Gasteiger partial charge in [-0.05, 0) is 42.0 Å². The summed E-state index contributed by atoms with van der Waals surface area (Å²) in [5.41, 5.74) is 2.06. The van der Waals surface area contributed by atoms with E-state index >= 15 is 0 Å². The second-order valence-corrected chi connectivity index (χ2v) is 8.28. The minimum absolute atomic E-state index is 0.258. The largest absolute Gasteiger partial charge is 0.454 e. The minimum atomic E-state index is 0.258. The van der Waals surface area contributed by atoms with E-state index in [1.54, 1.807) is 18.9 Å². The molecule has 1 aromatic heterocycles. The van der Waals surface area contributed by atoms with E-state index in [1.807, 2.05) is 36.4 Å². The first-order valence-electron chi connectivity index (χ1n) is 8.54. The molecule has 0 saturated carbocycles. The van der Waals surface area contributed by atoms with Crippen molar-refractivity contribution in [1.29, 1.82) is 0 Å². The molecule has 0 saturated heterocycles. The molecule has 1 aliphatic heterocycles. The van der Waals surface area contributed by atoms with Crippen molar-refractivity contribution in [2.45, 2.75) is 17.5 Å². The number of hydrogen-bond acceptors (Lipinski definition) is 6. The van der Waals surface area contributed by atoms with Crippen LogP contribution in [0.2, 0.25) is 5.02 Å². The van der Waals surface area contributed by atoms with Crippen LogP contribution in [0, 0.1) is 0 Å². The lowest BCUT2D eigenvalue weighted by molar-refractivity contribution is 0.174. The summed E-state index contributed by atoms with van der Waals surface area (Å²) < 4.78 is 19.2. The Kier molecular flexibility index (Phi) is 6.10. The van der Waals surface area contributed by atoms with Gasteiger partial charge in [-0.15, -0.1) is 10.2 Å². The number of nitrogens with zero attached hydrogens (tertiary/aromatic N) is 3. The summed E-state index contributed by atoms with van der Waals surface area (Å²) in [7, 11) is 1.68. The third kappa shape index (κ3) is 4.15. The Bertz CT molecular complexity index is 981. The van der Waals surface area contributed by atoms with Crippen molar-refractivity contribution >= 4 is 39.3 Å². The lowest BCUT2D eigenvalue weighted by Gasteiger charge is -2.10. The predicted molar refractivity (Wildman–Crippen MR) is 112 cm³/mol. The van der Waals surface area contributed by atoms with Crippen LogP contribution >= 0.6 is 39.3 Å². The predicted octanol–water partition coefficient (Wildman–Crippen LogP) is 5.03. The number of halogens is 2. The molecule has 0 aliphatic carbocycles. The number of benzene rings is 2. The number of aromatic nitrogens is 3. The Balaban J connectivity index is 1.58. The van der Waals surface area contributed by atoms with Crippen LogP contribution in [0.3, 0.4) is 0 Å². The molecular weight excluding hydrogens is 466 g/mol. The summed E-state index contributed by atoms with van der Waals surface area (Å²) in [5, 5.41) is 10.3. The third-order valence-electron chi connectivity index (χ3n) is 4.24. The molecule has 2 heterocycles. The molecule has 6 nitrogen and oxygen atoms in total. The Hall–Kier alpha value is -1.74. The van der Waals surface area contributed by atoms with E-state index in [0.29, 0.717) is 23.9 Å². The van der Waals surface area contributed by atoms with E-state index in [-0.39, 0.29) is 6.79 Å². The molecule has 0 radical (unpaired) electrons. The molecule has 0 atom stereocenters. The van der Waals surface area contributed by atoms with E-state index in [0.717, 1.165) is 38.1 Å². The second-order valence-electron chi connectivity index (χ2n) is 6.04. The topological polar surface area (TPSA) is 58.4 Å². The molecule has 0 fully saturated rings. The normalized spacial score (nSPS) is 12.5. The summed E-state index contributed by atoms with van der Waals surface area (Å²) in [6.45, 7) is 1.49. The first kappa shape index (κ1) is 19.6. The molecule has 9 heteroatoms. The van der Waals surface area contributed by atoms with Crippen molar-refractivity contribution in [2.75, 3.05) is 20.5 Å². The fraction of sp³-hybridized carbons (Fsp3) is 0.263. The highest BCUT2D eigenvalue weighted by Crippen LogP contribution is 2.39. The van der Waals surface area contributed by atoms with Gasteiger partial charge < -0.3 is 14.2 Å².